The zero-order chi connectivity index (χ0) is 48.2. The van der Waals surface area contributed by atoms with E-state index < -0.39 is 6.10 Å². The monoisotopic (exact) mass is 933 g/mol. The predicted molar refractivity (Wildman–Crippen MR) is 284 cm³/mol. The van der Waals surface area contributed by atoms with Crippen molar-refractivity contribution in [3.8, 4) is 0 Å². The average Bonchev–Trinajstić information content (AvgIpc) is 3.30. The Morgan fingerprint density at radius 2 is 0.576 bits per heavy atom. The summed E-state index contributed by atoms with van der Waals surface area (Å²) in [6.07, 6.45) is 57.1. The second kappa shape index (κ2) is 52.8. The van der Waals surface area contributed by atoms with E-state index in [4.69, 9.17) is 14.2 Å². The second-order valence-corrected chi connectivity index (χ2v) is 21.4. The molecule has 0 aromatic rings. The van der Waals surface area contributed by atoms with Gasteiger partial charge >= 0.3 is 17.9 Å². The Balaban J connectivity index is 4.01. The van der Waals surface area contributed by atoms with Gasteiger partial charge in [0.15, 0.2) is 6.10 Å². The van der Waals surface area contributed by atoms with Crippen LogP contribution in [-0.4, -0.2) is 37.2 Å². The molecule has 0 saturated carbocycles. The standard InChI is InChI=1S/C60H116O6/c1-6-8-9-38-45-50-58(61)64-53-57(66-60(63)52-47-42-37-33-29-25-21-17-12-10-14-18-22-26-30-34-39-43-48-55(3)4)54-65-59(62)51-46-41-36-32-28-24-20-16-13-11-15-19-23-27-31-35-40-44-49-56(5)7-2/h55-57H,6-54H2,1-5H3/t56?,57-/m0/s1. The van der Waals surface area contributed by atoms with Crippen molar-refractivity contribution in [2.45, 2.75) is 343 Å². The fraction of sp³-hybridized carbons (Fsp3) is 0.950. The van der Waals surface area contributed by atoms with Gasteiger partial charge in [0, 0.05) is 19.3 Å². The first-order valence-electron chi connectivity index (χ1n) is 29.8. The molecule has 2 atom stereocenters. The maximum Gasteiger partial charge on any atom is 0.306 e. The van der Waals surface area contributed by atoms with E-state index >= 15 is 0 Å². The van der Waals surface area contributed by atoms with Crippen molar-refractivity contribution < 1.29 is 28.6 Å². The molecule has 0 spiro atoms. The van der Waals surface area contributed by atoms with E-state index in [0.29, 0.717) is 19.3 Å². The molecule has 0 aromatic heterocycles. The SMILES string of the molecule is CCCCCCCC(=O)OC[C@@H](COC(=O)CCCCCCCCCCCCCCCCCCCCC(C)CC)OC(=O)CCCCCCCCCCCCCCCCCCCCC(C)C. The van der Waals surface area contributed by atoms with Crippen molar-refractivity contribution in [1.82, 2.24) is 0 Å². The molecule has 66 heavy (non-hydrogen) atoms. The highest BCUT2D eigenvalue weighted by Gasteiger charge is 2.19. The first kappa shape index (κ1) is 64.4. The number of carbonyl (C=O) groups is 3. The molecule has 0 radical (unpaired) electrons. The van der Waals surface area contributed by atoms with Crippen molar-refractivity contribution in [2.75, 3.05) is 13.2 Å². The zero-order valence-corrected chi connectivity index (χ0v) is 45.3. The van der Waals surface area contributed by atoms with Crippen LogP contribution in [-0.2, 0) is 28.6 Å². The van der Waals surface area contributed by atoms with Gasteiger partial charge in [0.2, 0.25) is 0 Å². The highest BCUT2D eigenvalue weighted by Crippen LogP contribution is 2.19. The van der Waals surface area contributed by atoms with Gasteiger partial charge in [-0.15, -0.1) is 0 Å². The van der Waals surface area contributed by atoms with E-state index in [1.165, 1.54) is 218 Å². The number of esters is 3. The second-order valence-electron chi connectivity index (χ2n) is 21.4. The van der Waals surface area contributed by atoms with Gasteiger partial charge in [-0.3, -0.25) is 14.4 Å². The van der Waals surface area contributed by atoms with Crippen LogP contribution in [0.25, 0.3) is 0 Å². The van der Waals surface area contributed by atoms with Crippen molar-refractivity contribution in [2.24, 2.45) is 11.8 Å². The van der Waals surface area contributed by atoms with E-state index in [0.717, 1.165) is 76.0 Å². The molecule has 0 aromatic carbocycles. The predicted octanol–water partition coefficient (Wildman–Crippen LogP) is 19.7. The molecule has 0 N–H and O–H groups in total. The quantitative estimate of drug-likeness (QED) is 0.0343. The Hall–Kier alpha value is -1.59. The van der Waals surface area contributed by atoms with Crippen LogP contribution in [0.2, 0.25) is 0 Å². The van der Waals surface area contributed by atoms with Gasteiger partial charge in [0.1, 0.15) is 13.2 Å². The Bertz CT molecular complexity index is 1010. The number of unbranched alkanes of at least 4 members (excludes halogenated alkanes) is 38. The van der Waals surface area contributed by atoms with Crippen LogP contribution in [0.5, 0.6) is 0 Å². The van der Waals surface area contributed by atoms with E-state index in [1.807, 2.05) is 0 Å². The van der Waals surface area contributed by atoms with Gasteiger partial charge in [0.25, 0.3) is 0 Å². The summed E-state index contributed by atoms with van der Waals surface area (Å²) in [5, 5.41) is 0. The Kier molecular flexibility index (Phi) is 51.5. The topological polar surface area (TPSA) is 78.9 Å². The van der Waals surface area contributed by atoms with E-state index in [-0.39, 0.29) is 31.1 Å². The van der Waals surface area contributed by atoms with Crippen LogP contribution in [0, 0.1) is 11.8 Å². The molecule has 392 valence electrons. The maximum atomic E-state index is 12.8. The van der Waals surface area contributed by atoms with Crippen molar-refractivity contribution in [1.29, 1.82) is 0 Å². The molecule has 0 bridgehead atoms. The van der Waals surface area contributed by atoms with Crippen molar-refractivity contribution in [3.05, 3.63) is 0 Å². The molecular weight excluding hydrogens is 817 g/mol. The van der Waals surface area contributed by atoms with Crippen LogP contribution < -0.4 is 0 Å². The molecule has 0 heterocycles. The fourth-order valence-corrected chi connectivity index (χ4v) is 9.20. The summed E-state index contributed by atoms with van der Waals surface area (Å²) in [6.45, 7) is 11.4. The lowest BCUT2D eigenvalue weighted by Gasteiger charge is -2.18. The lowest BCUT2D eigenvalue weighted by atomic mass is 9.99. The van der Waals surface area contributed by atoms with Crippen LogP contribution in [0.1, 0.15) is 336 Å². The first-order valence-corrected chi connectivity index (χ1v) is 29.8. The summed E-state index contributed by atoms with van der Waals surface area (Å²) in [7, 11) is 0. The highest BCUT2D eigenvalue weighted by atomic mass is 16.6. The largest absolute Gasteiger partial charge is 0.462 e. The van der Waals surface area contributed by atoms with Crippen LogP contribution >= 0.6 is 0 Å². The minimum absolute atomic E-state index is 0.0636. The molecule has 0 aliphatic heterocycles. The molecule has 6 nitrogen and oxygen atoms in total. The maximum absolute atomic E-state index is 12.8. The fourth-order valence-electron chi connectivity index (χ4n) is 9.20. The van der Waals surface area contributed by atoms with Gasteiger partial charge in [-0.05, 0) is 31.1 Å². The Morgan fingerprint density at radius 1 is 0.318 bits per heavy atom. The normalized spacial score (nSPS) is 12.5. The molecule has 0 amide bonds. The third kappa shape index (κ3) is 51.8. The Morgan fingerprint density at radius 3 is 0.864 bits per heavy atom. The minimum atomic E-state index is -0.760. The van der Waals surface area contributed by atoms with Gasteiger partial charge in [-0.1, -0.05) is 298 Å². The molecule has 0 aliphatic carbocycles. The third-order valence-corrected chi connectivity index (χ3v) is 14.1. The van der Waals surface area contributed by atoms with Crippen LogP contribution in [0.15, 0.2) is 0 Å². The molecule has 0 aliphatic rings. The van der Waals surface area contributed by atoms with Gasteiger partial charge in [0.05, 0.1) is 0 Å². The summed E-state index contributed by atoms with van der Waals surface area (Å²) in [6, 6.07) is 0. The molecule has 0 saturated heterocycles. The van der Waals surface area contributed by atoms with Crippen molar-refractivity contribution >= 4 is 17.9 Å². The zero-order valence-electron chi connectivity index (χ0n) is 45.3. The number of carbonyl (C=O) groups excluding carboxylic acids is 3. The van der Waals surface area contributed by atoms with Crippen molar-refractivity contribution in [3.63, 3.8) is 0 Å². The average molecular weight is 934 g/mol. The Labute approximate surface area is 412 Å². The van der Waals surface area contributed by atoms with E-state index in [1.54, 1.807) is 0 Å². The molecule has 1 unspecified atom stereocenters. The number of hydrogen-bond acceptors (Lipinski definition) is 6. The minimum Gasteiger partial charge on any atom is -0.462 e. The molecule has 0 rings (SSSR count). The molecular formula is C60H116O6. The lowest BCUT2D eigenvalue weighted by Crippen LogP contribution is -2.30. The van der Waals surface area contributed by atoms with Crippen LogP contribution in [0.3, 0.4) is 0 Å². The third-order valence-electron chi connectivity index (χ3n) is 14.1. The summed E-state index contributed by atoms with van der Waals surface area (Å²) in [5.74, 6) is 0.915. The summed E-state index contributed by atoms with van der Waals surface area (Å²) < 4.78 is 16.8. The summed E-state index contributed by atoms with van der Waals surface area (Å²) in [4.78, 5) is 37.8. The van der Waals surface area contributed by atoms with E-state index in [2.05, 4.69) is 34.6 Å². The number of rotatable bonds is 54. The number of ether oxygens (including phenoxy) is 3. The van der Waals surface area contributed by atoms with Crippen LogP contribution in [0.4, 0.5) is 0 Å². The van der Waals surface area contributed by atoms with Gasteiger partial charge in [-0.25, -0.2) is 0 Å². The molecule has 0 fully saturated rings. The van der Waals surface area contributed by atoms with E-state index in [9.17, 15) is 14.4 Å². The lowest BCUT2D eigenvalue weighted by molar-refractivity contribution is -0.167. The highest BCUT2D eigenvalue weighted by molar-refractivity contribution is 5.71. The number of hydrogen-bond donors (Lipinski definition) is 0. The smallest absolute Gasteiger partial charge is 0.306 e. The summed E-state index contributed by atoms with van der Waals surface area (Å²) >= 11 is 0. The molecule has 6 heteroatoms. The summed E-state index contributed by atoms with van der Waals surface area (Å²) in [5.41, 5.74) is 0. The first-order chi connectivity index (χ1) is 32.3. The van der Waals surface area contributed by atoms with Gasteiger partial charge in [-0.2, -0.15) is 0 Å². The van der Waals surface area contributed by atoms with Gasteiger partial charge < -0.3 is 14.2 Å².